The first kappa shape index (κ1) is 13.3. The molecule has 2 rings (SSSR count). The van der Waals surface area contributed by atoms with E-state index in [1.807, 2.05) is 0 Å². The molecule has 0 radical (unpaired) electrons. The van der Waals surface area contributed by atoms with Crippen molar-refractivity contribution in [2.45, 2.75) is 46.2 Å². The van der Waals surface area contributed by atoms with E-state index in [1.165, 1.54) is 11.1 Å². The van der Waals surface area contributed by atoms with Crippen LogP contribution in [0.5, 0.6) is 0 Å². The Labute approximate surface area is 110 Å². The maximum absolute atomic E-state index is 11.7. The van der Waals surface area contributed by atoms with Gasteiger partial charge in [0.2, 0.25) is 0 Å². The van der Waals surface area contributed by atoms with E-state index in [9.17, 15) is 4.79 Å². The monoisotopic (exact) mass is 245 g/mol. The molecule has 0 bridgehead atoms. The topological polar surface area (TPSA) is 20.3 Å². The summed E-state index contributed by atoms with van der Waals surface area (Å²) in [5, 5.41) is 0. The number of carbonyl (C=O) groups is 1. The Hall–Kier alpha value is -1.15. The van der Waals surface area contributed by atoms with Crippen molar-refractivity contribution >= 4 is 5.78 Å². The molecule has 0 N–H and O–H groups in total. The minimum Gasteiger partial charge on any atom is -0.299 e. The van der Waals surface area contributed by atoms with E-state index >= 15 is 0 Å². The highest BCUT2D eigenvalue weighted by Crippen LogP contribution is 2.30. The number of aryl methyl sites for hydroxylation is 1. The second-order valence-electron chi connectivity index (χ2n) is 5.52. The van der Waals surface area contributed by atoms with Crippen molar-refractivity contribution in [3.05, 3.63) is 35.4 Å². The van der Waals surface area contributed by atoms with Gasteiger partial charge in [-0.1, -0.05) is 31.2 Å². The minimum atomic E-state index is 0.158. The highest BCUT2D eigenvalue weighted by molar-refractivity contribution is 5.82. The Morgan fingerprint density at radius 2 is 1.94 bits per heavy atom. The zero-order valence-electron chi connectivity index (χ0n) is 11.8. The molecule has 1 aliphatic heterocycles. The van der Waals surface area contributed by atoms with Crippen LogP contribution in [-0.4, -0.2) is 23.3 Å². The van der Waals surface area contributed by atoms with Crippen LogP contribution in [0.2, 0.25) is 0 Å². The van der Waals surface area contributed by atoms with Crippen molar-refractivity contribution in [1.29, 1.82) is 0 Å². The summed E-state index contributed by atoms with van der Waals surface area (Å²) in [6, 6.07) is 9.26. The first-order valence-corrected chi connectivity index (χ1v) is 6.86. The number of carbonyl (C=O) groups excluding carboxylic acids is 1. The largest absolute Gasteiger partial charge is 0.299 e. The molecule has 98 valence electrons. The summed E-state index contributed by atoms with van der Waals surface area (Å²) in [5.74, 6) is 0.570. The van der Waals surface area contributed by atoms with Gasteiger partial charge in [0, 0.05) is 31.0 Å². The normalized spacial score (nSPS) is 27.2. The summed E-state index contributed by atoms with van der Waals surface area (Å²) in [5.41, 5.74) is 2.72. The Morgan fingerprint density at radius 3 is 2.61 bits per heavy atom. The smallest absolute Gasteiger partial charge is 0.138 e. The van der Waals surface area contributed by atoms with Crippen LogP contribution in [0.3, 0.4) is 0 Å². The van der Waals surface area contributed by atoms with E-state index in [-0.39, 0.29) is 5.92 Å². The quantitative estimate of drug-likeness (QED) is 0.796. The minimum absolute atomic E-state index is 0.158. The predicted molar refractivity (Wildman–Crippen MR) is 74.6 cm³/mol. The summed E-state index contributed by atoms with van der Waals surface area (Å²) < 4.78 is 0. The molecule has 0 aromatic heterocycles. The lowest BCUT2D eigenvalue weighted by molar-refractivity contribution is -0.128. The molecular weight excluding hydrogens is 222 g/mol. The van der Waals surface area contributed by atoms with E-state index in [0.29, 0.717) is 24.3 Å². The molecular formula is C16H23NO. The van der Waals surface area contributed by atoms with E-state index in [2.05, 4.69) is 56.9 Å². The second-order valence-corrected chi connectivity index (χ2v) is 5.52. The number of likely N-dealkylation sites (tertiary alicyclic amines) is 1. The average molecular weight is 245 g/mol. The van der Waals surface area contributed by atoms with Crippen molar-refractivity contribution in [2.24, 2.45) is 5.92 Å². The SMILES string of the molecule is Cc1ccccc1C(C)N1CCC(=O)C(C)C1C. The number of rotatable bonds is 2. The Bertz CT molecular complexity index is 440. The van der Waals surface area contributed by atoms with Crippen LogP contribution in [0, 0.1) is 12.8 Å². The van der Waals surface area contributed by atoms with Crippen LogP contribution >= 0.6 is 0 Å². The fourth-order valence-electron chi connectivity index (χ4n) is 3.01. The van der Waals surface area contributed by atoms with Gasteiger partial charge in [-0.2, -0.15) is 0 Å². The standard InChI is InChI=1S/C16H23NO/c1-11-7-5-6-8-15(11)14(4)17-10-9-16(18)12(2)13(17)3/h5-8,12-14H,9-10H2,1-4H3. The lowest BCUT2D eigenvalue weighted by Crippen LogP contribution is -2.47. The van der Waals surface area contributed by atoms with Gasteiger partial charge in [0.15, 0.2) is 0 Å². The fourth-order valence-corrected chi connectivity index (χ4v) is 3.01. The number of nitrogens with zero attached hydrogens (tertiary/aromatic N) is 1. The van der Waals surface area contributed by atoms with Gasteiger partial charge in [-0.15, -0.1) is 0 Å². The molecule has 1 heterocycles. The van der Waals surface area contributed by atoms with E-state index < -0.39 is 0 Å². The Morgan fingerprint density at radius 1 is 1.28 bits per heavy atom. The predicted octanol–water partition coefficient (Wildman–Crippen LogP) is 3.36. The molecule has 1 saturated heterocycles. The van der Waals surface area contributed by atoms with Gasteiger partial charge in [0.25, 0.3) is 0 Å². The van der Waals surface area contributed by atoms with Gasteiger partial charge >= 0.3 is 0 Å². The Kier molecular flexibility index (Phi) is 3.86. The zero-order valence-corrected chi connectivity index (χ0v) is 11.8. The third-order valence-corrected chi connectivity index (χ3v) is 4.51. The number of hydrogen-bond acceptors (Lipinski definition) is 2. The number of hydrogen-bond donors (Lipinski definition) is 0. The highest BCUT2D eigenvalue weighted by atomic mass is 16.1. The molecule has 3 atom stereocenters. The molecule has 2 nitrogen and oxygen atoms in total. The molecule has 0 saturated carbocycles. The van der Waals surface area contributed by atoms with Crippen molar-refractivity contribution in [1.82, 2.24) is 4.90 Å². The summed E-state index contributed by atoms with van der Waals surface area (Å²) in [6.45, 7) is 9.54. The maximum atomic E-state index is 11.7. The highest BCUT2D eigenvalue weighted by Gasteiger charge is 2.33. The van der Waals surface area contributed by atoms with Crippen LogP contribution in [0.1, 0.15) is 44.4 Å². The Balaban J connectivity index is 2.22. The van der Waals surface area contributed by atoms with Gasteiger partial charge in [-0.05, 0) is 31.9 Å². The molecule has 3 unspecified atom stereocenters. The lowest BCUT2D eigenvalue weighted by atomic mass is 9.88. The van der Waals surface area contributed by atoms with Crippen molar-refractivity contribution in [3.8, 4) is 0 Å². The molecule has 0 amide bonds. The molecule has 0 aliphatic carbocycles. The van der Waals surface area contributed by atoms with Crippen LogP contribution < -0.4 is 0 Å². The zero-order chi connectivity index (χ0) is 13.3. The van der Waals surface area contributed by atoms with E-state index in [1.54, 1.807) is 0 Å². The van der Waals surface area contributed by atoms with E-state index in [0.717, 1.165) is 6.54 Å². The van der Waals surface area contributed by atoms with Gasteiger partial charge in [0.05, 0.1) is 0 Å². The third kappa shape index (κ3) is 2.35. The lowest BCUT2D eigenvalue weighted by Gasteiger charge is -2.41. The summed E-state index contributed by atoms with van der Waals surface area (Å²) in [6.07, 6.45) is 0.696. The van der Waals surface area contributed by atoms with Crippen LogP contribution in [0.15, 0.2) is 24.3 Å². The molecule has 1 aliphatic rings. The van der Waals surface area contributed by atoms with Crippen LogP contribution in [-0.2, 0) is 4.79 Å². The van der Waals surface area contributed by atoms with Gasteiger partial charge in [0.1, 0.15) is 5.78 Å². The number of Topliss-reactive ketones (excluding diaryl/α,β-unsaturated/α-hetero) is 1. The van der Waals surface area contributed by atoms with Crippen molar-refractivity contribution in [3.63, 3.8) is 0 Å². The van der Waals surface area contributed by atoms with Gasteiger partial charge < -0.3 is 0 Å². The fraction of sp³-hybridized carbons (Fsp3) is 0.562. The molecule has 2 heteroatoms. The van der Waals surface area contributed by atoms with E-state index in [4.69, 9.17) is 0 Å². The molecule has 1 aromatic carbocycles. The number of piperidine rings is 1. The second kappa shape index (κ2) is 5.23. The summed E-state index contributed by atoms with van der Waals surface area (Å²) >= 11 is 0. The molecule has 1 fully saturated rings. The summed E-state index contributed by atoms with van der Waals surface area (Å²) in [7, 11) is 0. The van der Waals surface area contributed by atoms with Gasteiger partial charge in [-0.25, -0.2) is 0 Å². The number of ketones is 1. The number of benzene rings is 1. The average Bonchev–Trinajstić information content (AvgIpc) is 2.36. The van der Waals surface area contributed by atoms with Gasteiger partial charge in [-0.3, -0.25) is 9.69 Å². The van der Waals surface area contributed by atoms with Crippen molar-refractivity contribution < 1.29 is 4.79 Å². The van der Waals surface area contributed by atoms with Crippen LogP contribution in [0.4, 0.5) is 0 Å². The molecule has 0 spiro atoms. The molecule has 1 aromatic rings. The maximum Gasteiger partial charge on any atom is 0.138 e. The summed E-state index contributed by atoms with van der Waals surface area (Å²) in [4.78, 5) is 14.2. The first-order chi connectivity index (χ1) is 8.52. The third-order valence-electron chi connectivity index (χ3n) is 4.51. The van der Waals surface area contributed by atoms with Crippen molar-refractivity contribution in [2.75, 3.05) is 6.54 Å². The van der Waals surface area contributed by atoms with Crippen LogP contribution in [0.25, 0.3) is 0 Å². The molecule has 18 heavy (non-hydrogen) atoms. The first-order valence-electron chi connectivity index (χ1n) is 6.86.